The molecule has 3 aromatic heterocycles. The van der Waals surface area contributed by atoms with Crippen molar-refractivity contribution < 1.29 is 4.79 Å². The zero-order chi connectivity index (χ0) is 26.1. The largest absolute Gasteiger partial charge is 0.367 e. The predicted octanol–water partition coefficient (Wildman–Crippen LogP) is 5.14. The monoisotopic (exact) mass is 504 g/mol. The SMILES string of the molecule is Cc1cccc(-c2cc(-c3cncc(-c4ccc(C(=O)N5CCN(C)CC5)cc4)c3)cc(NC3CC3)n2)n1. The van der Waals surface area contributed by atoms with Crippen molar-refractivity contribution >= 4 is 11.7 Å². The molecule has 1 aliphatic carbocycles. The van der Waals surface area contributed by atoms with Crippen LogP contribution in [0.15, 0.2) is 73.1 Å². The highest BCUT2D eigenvalue weighted by molar-refractivity contribution is 5.95. The van der Waals surface area contributed by atoms with Crippen LogP contribution < -0.4 is 5.32 Å². The number of carbonyl (C=O) groups is 1. The smallest absolute Gasteiger partial charge is 0.253 e. The molecule has 7 heteroatoms. The average molecular weight is 505 g/mol. The number of amides is 1. The number of aromatic nitrogens is 3. The van der Waals surface area contributed by atoms with Crippen molar-refractivity contribution in [3.63, 3.8) is 0 Å². The van der Waals surface area contributed by atoms with E-state index >= 15 is 0 Å². The van der Waals surface area contributed by atoms with E-state index in [1.807, 2.05) is 66.7 Å². The molecule has 192 valence electrons. The Morgan fingerprint density at radius 3 is 2.26 bits per heavy atom. The lowest BCUT2D eigenvalue weighted by Gasteiger charge is -2.32. The number of piperazine rings is 1. The van der Waals surface area contributed by atoms with Crippen molar-refractivity contribution in [3.05, 3.63) is 84.3 Å². The molecule has 1 N–H and O–H groups in total. The van der Waals surface area contributed by atoms with Gasteiger partial charge in [-0.15, -0.1) is 0 Å². The van der Waals surface area contributed by atoms with Crippen LogP contribution in [0.1, 0.15) is 28.9 Å². The van der Waals surface area contributed by atoms with Gasteiger partial charge in [-0.2, -0.15) is 0 Å². The lowest BCUT2D eigenvalue weighted by atomic mass is 10.0. The molecule has 6 rings (SSSR count). The van der Waals surface area contributed by atoms with Crippen molar-refractivity contribution in [2.24, 2.45) is 0 Å². The highest BCUT2D eigenvalue weighted by Gasteiger charge is 2.22. The van der Waals surface area contributed by atoms with Crippen LogP contribution in [0, 0.1) is 6.92 Å². The van der Waals surface area contributed by atoms with Crippen LogP contribution in [0.5, 0.6) is 0 Å². The minimum atomic E-state index is 0.0984. The van der Waals surface area contributed by atoms with E-state index in [1.54, 1.807) is 0 Å². The van der Waals surface area contributed by atoms with E-state index in [4.69, 9.17) is 9.97 Å². The number of carbonyl (C=O) groups excluding carboxylic acids is 1. The van der Waals surface area contributed by atoms with Gasteiger partial charge in [-0.1, -0.05) is 18.2 Å². The lowest BCUT2D eigenvalue weighted by molar-refractivity contribution is 0.0664. The van der Waals surface area contributed by atoms with Gasteiger partial charge in [0.05, 0.1) is 11.4 Å². The van der Waals surface area contributed by atoms with Gasteiger partial charge in [0, 0.05) is 67.0 Å². The first-order chi connectivity index (χ1) is 18.5. The van der Waals surface area contributed by atoms with Crippen LogP contribution in [0.2, 0.25) is 0 Å². The second-order valence-corrected chi connectivity index (χ2v) is 10.3. The summed E-state index contributed by atoms with van der Waals surface area (Å²) in [4.78, 5) is 31.3. The molecular weight excluding hydrogens is 472 g/mol. The number of nitrogens with zero attached hydrogens (tertiary/aromatic N) is 5. The Kier molecular flexibility index (Phi) is 6.60. The number of rotatable bonds is 6. The Balaban J connectivity index is 1.28. The van der Waals surface area contributed by atoms with Gasteiger partial charge in [0.2, 0.25) is 0 Å². The second kappa shape index (κ2) is 10.3. The summed E-state index contributed by atoms with van der Waals surface area (Å²) >= 11 is 0. The minimum absolute atomic E-state index is 0.0984. The van der Waals surface area contributed by atoms with Gasteiger partial charge in [0.25, 0.3) is 5.91 Å². The fourth-order valence-electron chi connectivity index (χ4n) is 4.78. The van der Waals surface area contributed by atoms with Crippen molar-refractivity contribution in [2.75, 3.05) is 38.5 Å². The molecule has 1 saturated heterocycles. The second-order valence-electron chi connectivity index (χ2n) is 10.3. The van der Waals surface area contributed by atoms with E-state index < -0.39 is 0 Å². The fourth-order valence-corrected chi connectivity index (χ4v) is 4.78. The number of hydrogen-bond acceptors (Lipinski definition) is 6. The Morgan fingerprint density at radius 2 is 1.55 bits per heavy atom. The Hall–Kier alpha value is -4.10. The van der Waals surface area contributed by atoms with E-state index in [0.717, 1.165) is 76.9 Å². The normalized spacial score (nSPS) is 15.9. The summed E-state index contributed by atoms with van der Waals surface area (Å²) in [6, 6.07) is 20.7. The molecule has 0 radical (unpaired) electrons. The van der Waals surface area contributed by atoms with Crippen LogP contribution in [0.25, 0.3) is 33.6 Å². The Bertz CT molecular complexity index is 1460. The summed E-state index contributed by atoms with van der Waals surface area (Å²) in [5, 5.41) is 3.55. The molecular formula is C31H32N6O. The molecule has 4 aromatic rings. The standard InChI is InChI=1S/C31H32N6O/c1-21-4-3-5-28(33-21)29-17-24(18-30(35-29)34-27-10-11-27)26-16-25(19-32-20-26)22-6-8-23(9-7-22)31(38)37-14-12-36(2)13-15-37/h3-9,16-20,27H,10-15H2,1-2H3,(H,34,35). The van der Waals surface area contributed by atoms with Crippen LogP contribution in [-0.2, 0) is 0 Å². The number of benzene rings is 1. The third kappa shape index (κ3) is 5.43. The Morgan fingerprint density at radius 1 is 0.816 bits per heavy atom. The zero-order valence-corrected chi connectivity index (χ0v) is 21.9. The summed E-state index contributed by atoms with van der Waals surface area (Å²) in [5.74, 6) is 0.960. The van der Waals surface area contributed by atoms with Gasteiger partial charge >= 0.3 is 0 Å². The van der Waals surface area contributed by atoms with E-state index in [-0.39, 0.29) is 5.91 Å². The number of aryl methyl sites for hydroxylation is 1. The summed E-state index contributed by atoms with van der Waals surface area (Å²) in [6.45, 7) is 5.36. The molecule has 1 aliphatic heterocycles. The third-order valence-corrected chi connectivity index (χ3v) is 7.23. The first-order valence-electron chi connectivity index (χ1n) is 13.3. The molecule has 2 fully saturated rings. The molecule has 0 bridgehead atoms. The number of nitrogens with one attached hydrogen (secondary N) is 1. The number of anilines is 1. The highest BCUT2D eigenvalue weighted by Crippen LogP contribution is 2.32. The maximum Gasteiger partial charge on any atom is 0.253 e. The molecule has 0 atom stereocenters. The molecule has 38 heavy (non-hydrogen) atoms. The van der Waals surface area contributed by atoms with Crippen molar-refractivity contribution in [3.8, 4) is 33.6 Å². The molecule has 2 aliphatic rings. The summed E-state index contributed by atoms with van der Waals surface area (Å²) in [7, 11) is 2.09. The van der Waals surface area contributed by atoms with Gasteiger partial charge in [-0.3, -0.25) is 14.8 Å². The van der Waals surface area contributed by atoms with Crippen LogP contribution >= 0.6 is 0 Å². The molecule has 7 nitrogen and oxygen atoms in total. The molecule has 1 aromatic carbocycles. The number of pyridine rings is 3. The molecule has 4 heterocycles. The van der Waals surface area contributed by atoms with Gasteiger partial charge in [0.1, 0.15) is 5.82 Å². The van der Waals surface area contributed by atoms with Gasteiger partial charge in [0.15, 0.2) is 0 Å². The molecule has 1 amide bonds. The van der Waals surface area contributed by atoms with Crippen LogP contribution in [0.4, 0.5) is 5.82 Å². The molecule has 0 unspecified atom stereocenters. The first-order valence-corrected chi connectivity index (χ1v) is 13.3. The number of likely N-dealkylation sites (N-methyl/N-ethyl adjacent to an activating group) is 1. The quantitative estimate of drug-likeness (QED) is 0.392. The van der Waals surface area contributed by atoms with E-state index in [0.29, 0.717) is 6.04 Å². The Labute approximate surface area is 223 Å². The topological polar surface area (TPSA) is 74.2 Å². The molecule has 0 spiro atoms. The van der Waals surface area contributed by atoms with Crippen LogP contribution in [0.3, 0.4) is 0 Å². The van der Waals surface area contributed by atoms with Crippen molar-refractivity contribution in [1.82, 2.24) is 24.8 Å². The van der Waals surface area contributed by atoms with Gasteiger partial charge in [-0.05, 0) is 80.4 Å². The van der Waals surface area contributed by atoms with E-state index in [2.05, 4.69) is 40.4 Å². The minimum Gasteiger partial charge on any atom is -0.367 e. The van der Waals surface area contributed by atoms with Gasteiger partial charge < -0.3 is 15.1 Å². The van der Waals surface area contributed by atoms with Gasteiger partial charge in [-0.25, -0.2) is 4.98 Å². The summed E-state index contributed by atoms with van der Waals surface area (Å²) < 4.78 is 0. The van der Waals surface area contributed by atoms with Crippen LogP contribution in [-0.4, -0.2) is 69.9 Å². The maximum absolute atomic E-state index is 13.0. The highest BCUT2D eigenvalue weighted by atomic mass is 16.2. The first kappa shape index (κ1) is 24.2. The van der Waals surface area contributed by atoms with E-state index in [1.165, 1.54) is 12.8 Å². The fraction of sp³-hybridized carbons (Fsp3) is 0.290. The molecule has 1 saturated carbocycles. The van der Waals surface area contributed by atoms with Crippen molar-refractivity contribution in [1.29, 1.82) is 0 Å². The maximum atomic E-state index is 13.0. The van der Waals surface area contributed by atoms with Crippen molar-refractivity contribution in [2.45, 2.75) is 25.8 Å². The zero-order valence-electron chi connectivity index (χ0n) is 21.9. The summed E-state index contributed by atoms with van der Waals surface area (Å²) in [6.07, 6.45) is 6.11. The average Bonchev–Trinajstić information content (AvgIpc) is 3.77. The third-order valence-electron chi connectivity index (χ3n) is 7.23. The summed E-state index contributed by atoms with van der Waals surface area (Å²) in [5.41, 5.74) is 7.46. The lowest BCUT2D eigenvalue weighted by Crippen LogP contribution is -2.47. The number of hydrogen-bond donors (Lipinski definition) is 1. The van der Waals surface area contributed by atoms with E-state index in [9.17, 15) is 4.79 Å². The predicted molar refractivity (Wildman–Crippen MR) is 151 cm³/mol.